The molecule has 0 aliphatic carbocycles. The Hall–Kier alpha value is -0.898. The van der Waals surface area contributed by atoms with E-state index in [1.54, 1.807) is 0 Å². The van der Waals surface area contributed by atoms with E-state index in [4.69, 9.17) is 10.8 Å². The number of aliphatic carboxylic acids is 1. The van der Waals surface area contributed by atoms with E-state index < -0.39 is 18.0 Å². The predicted molar refractivity (Wildman–Crippen MR) is 43.2 cm³/mol. The summed E-state index contributed by atoms with van der Waals surface area (Å²) >= 11 is 2.14. The van der Waals surface area contributed by atoms with Gasteiger partial charge in [-0.05, 0) is 0 Å². The summed E-state index contributed by atoms with van der Waals surface area (Å²) < 4.78 is 12.9. The molecule has 1 atom stereocenters. The van der Waals surface area contributed by atoms with E-state index in [-0.39, 0.29) is 10.8 Å². The highest BCUT2D eigenvalue weighted by Gasteiger charge is 2.15. The monoisotopic (exact) mass is 199 g/mol. The van der Waals surface area contributed by atoms with Crippen LogP contribution in [0.25, 0.3) is 0 Å². The van der Waals surface area contributed by atoms with Gasteiger partial charge < -0.3 is 10.8 Å². The first-order valence-electron chi connectivity index (χ1n) is 3.49. The van der Waals surface area contributed by atoms with Gasteiger partial charge in [-0.25, -0.2) is 0 Å². The number of hydrogen-bond acceptors (Lipinski definition) is 3. The summed E-state index contributed by atoms with van der Waals surface area (Å²) in [6.45, 7) is 0. The van der Waals surface area contributed by atoms with E-state index in [2.05, 4.69) is 26.5 Å². The zero-order valence-electron chi connectivity index (χ0n) is 6.62. The molecule has 0 saturated heterocycles. The molecule has 4 N–H and O–H groups in total. The molecule has 0 saturated carbocycles. The predicted octanol–water partition coefficient (Wildman–Crippen LogP) is -1.70. The molecule has 13 heavy (non-hydrogen) atoms. The lowest BCUT2D eigenvalue weighted by molar-refractivity contribution is -0.138. The molecule has 0 aliphatic rings. The fraction of sp³-hybridized carbons (Fsp3) is 0.333. The first kappa shape index (κ1) is 10.2. The van der Waals surface area contributed by atoms with Gasteiger partial charge in [0.15, 0.2) is 16.3 Å². The van der Waals surface area contributed by atoms with Crippen molar-refractivity contribution in [2.45, 2.75) is 12.5 Å². The molecule has 0 aromatic carbocycles. The zero-order valence-corrected chi connectivity index (χ0v) is 7.77. The number of aromatic nitrogens is 2. The van der Waals surface area contributed by atoms with E-state index in [9.17, 15) is 9.18 Å². The maximum Gasteiger partial charge on any atom is 0.320 e. The van der Waals surface area contributed by atoms with E-state index in [0.29, 0.717) is 5.69 Å². The number of rotatable bonds is 3. The Bertz CT molecular complexity index is 328. The molecule has 0 fully saturated rings. The molecule has 0 amide bonds. The normalized spacial score (nSPS) is 12.8. The van der Waals surface area contributed by atoms with Crippen LogP contribution in [0.5, 0.6) is 0 Å². The number of carbonyl (C=O) groups is 1. The maximum absolute atomic E-state index is 12.6. The Kier molecular flexibility index (Phi) is 3.04. The average molecular weight is 199 g/mol. The molecule has 1 unspecified atom stereocenters. The van der Waals surface area contributed by atoms with Crippen molar-refractivity contribution in [3.05, 3.63) is 11.6 Å². The Morgan fingerprint density at radius 2 is 2.46 bits per heavy atom. The second-order valence-corrected chi connectivity index (χ2v) is 3.13. The SMILES string of the molecule is NC(Cc1[nH]nc(F)[c]1[Al])C(=O)O. The molecular formula is C6H7AlFN3O2. The van der Waals surface area contributed by atoms with Gasteiger partial charge in [-0.1, -0.05) is 4.43 Å². The van der Waals surface area contributed by atoms with Crippen LogP contribution in [0.15, 0.2) is 0 Å². The standard InChI is InChI=1S/C6H7FN3O2.Al/c7-5-2-3(9-10-5)1-4(8)6(11)12;/h4H,1,8H2,(H,9,10)(H,11,12);. The quantitative estimate of drug-likeness (QED) is 0.506. The van der Waals surface area contributed by atoms with Crippen LogP contribution >= 0.6 is 0 Å². The first-order chi connectivity index (χ1) is 6.02. The third-order valence-electron chi connectivity index (χ3n) is 1.58. The first-order valence-corrected chi connectivity index (χ1v) is 4.06. The van der Waals surface area contributed by atoms with Crippen LogP contribution in [-0.2, 0) is 11.2 Å². The highest BCUT2D eigenvalue weighted by molar-refractivity contribution is 6.33. The van der Waals surface area contributed by atoms with Crippen LogP contribution in [0.3, 0.4) is 0 Å². The van der Waals surface area contributed by atoms with Crippen molar-refractivity contribution in [1.29, 1.82) is 0 Å². The van der Waals surface area contributed by atoms with Gasteiger partial charge in [0, 0.05) is 12.1 Å². The number of H-pyrrole nitrogens is 1. The van der Waals surface area contributed by atoms with Gasteiger partial charge in [0.25, 0.3) is 0 Å². The second kappa shape index (κ2) is 3.87. The Morgan fingerprint density at radius 1 is 1.85 bits per heavy atom. The number of carboxylic acids is 1. The van der Waals surface area contributed by atoms with Crippen molar-refractivity contribution in [3.63, 3.8) is 0 Å². The number of carboxylic acid groups (broad SMARTS) is 1. The van der Waals surface area contributed by atoms with Crippen molar-refractivity contribution in [3.8, 4) is 0 Å². The zero-order chi connectivity index (χ0) is 10.0. The van der Waals surface area contributed by atoms with Crippen LogP contribution < -0.4 is 10.2 Å². The van der Waals surface area contributed by atoms with Gasteiger partial charge in [0.05, 0.1) is 0 Å². The van der Waals surface area contributed by atoms with Gasteiger partial charge in [0.1, 0.15) is 6.04 Å². The number of aromatic amines is 1. The largest absolute Gasteiger partial charge is 0.480 e. The van der Waals surface area contributed by atoms with E-state index in [1.165, 1.54) is 0 Å². The summed E-state index contributed by atoms with van der Waals surface area (Å²) in [4.78, 5) is 10.4. The van der Waals surface area contributed by atoms with Gasteiger partial charge in [0.2, 0.25) is 5.95 Å². The van der Waals surface area contributed by atoms with Gasteiger partial charge >= 0.3 is 5.97 Å². The van der Waals surface area contributed by atoms with Crippen LogP contribution in [0.4, 0.5) is 4.39 Å². The Balaban J connectivity index is 2.74. The average Bonchev–Trinajstić information content (AvgIpc) is 2.36. The minimum absolute atomic E-state index is 0.0328. The van der Waals surface area contributed by atoms with Crippen LogP contribution in [0.2, 0.25) is 0 Å². The molecule has 0 aliphatic heterocycles. The smallest absolute Gasteiger partial charge is 0.320 e. The number of halogens is 1. The number of hydrogen-bond donors (Lipinski definition) is 3. The fourth-order valence-electron chi connectivity index (χ4n) is 0.824. The molecular weight excluding hydrogens is 192 g/mol. The minimum Gasteiger partial charge on any atom is -0.480 e. The van der Waals surface area contributed by atoms with Gasteiger partial charge in [-0.15, -0.1) is 5.10 Å². The summed E-state index contributed by atoms with van der Waals surface area (Å²) in [7, 11) is 0. The van der Waals surface area contributed by atoms with Crippen molar-refractivity contribution < 1.29 is 14.3 Å². The molecule has 68 valence electrons. The van der Waals surface area contributed by atoms with Crippen molar-refractivity contribution in [1.82, 2.24) is 10.2 Å². The third kappa shape index (κ3) is 2.28. The molecule has 2 radical (unpaired) electrons. The van der Waals surface area contributed by atoms with Crippen LogP contribution in [-0.4, -0.2) is 43.6 Å². The lowest BCUT2D eigenvalue weighted by Crippen LogP contribution is -2.34. The van der Waals surface area contributed by atoms with E-state index in [1.807, 2.05) is 0 Å². The number of nitrogens with zero attached hydrogens (tertiary/aromatic N) is 1. The molecule has 0 spiro atoms. The van der Waals surface area contributed by atoms with Crippen molar-refractivity contribution in [2.24, 2.45) is 5.73 Å². The topological polar surface area (TPSA) is 92.0 Å². The number of nitrogens with one attached hydrogen (secondary N) is 1. The molecule has 5 nitrogen and oxygen atoms in total. The summed E-state index contributed by atoms with van der Waals surface area (Å²) in [6, 6.07) is -1.04. The van der Waals surface area contributed by atoms with Gasteiger partial charge in [-0.3, -0.25) is 9.89 Å². The van der Waals surface area contributed by atoms with Crippen LogP contribution in [0, 0.1) is 5.95 Å². The fourth-order valence-corrected chi connectivity index (χ4v) is 1.07. The number of nitrogens with two attached hydrogens (primary N) is 1. The highest BCUT2D eigenvalue weighted by atomic mass is 27.0. The minimum atomic E-state index is -1.13. The maximum atomic E-state index is 12.6. The van der Waals surface area contributed by atoms with Crippen molar-refractivity contribution >= 4 is 26.7 Å². The van der Waals surface area contributed by atoms with Crippen molar-refractivity contribution in [2.75, 3.05) is 0 Å². The second-order valence-electron chi connectivity index (χ2n) is 2.56. The van der Waals surface area contributed by atoms with E-state index >= 15 is 0 Å². The molecule has 0 bridgehead atoms. The Labute approximate surface area is 81.5 Å². The lowest BCUT2D eigenvalue weighted by atomic mass is 10.2. The summed E-state index contributed by atoms with van der Waals surface area (Å²) in [5.74, 6) is -1.78. The third-order valence-corrected chi connectivity index (χ3v) is 2.16. The molecule has 1 aromatic rings. The Morgan fingerprint density at radius 3 is 2.85 bits per heavy atom. The van der Waals surface area contributed by atoms with E-state index in [0.717, 1.165) is 0 Å². The lowest BCUT2D eigenvalue weighted by Gasteiger charge is -2.04. The summed E-state index contributed by atoms with van der Waals surface area (Å²) in [5, 5.41) is 14.1. The molecule has 7 heteroatoms. The summed E-state index contributed by atoms with van der Waals surface area (Å²) in [5.41, 5.74) is 5.63. The highest BCUT2D eigenvalue weighted by Crippen LogP contribution is 1.96. The summed E-state index contributed by atoms with van der Waals surface area (Å²) in [6.07, 6.45) is 0.0328. The molecule has 1 rings (SSSR count). The van der Waals surface area contributed by atoms with Gasteiger partial charge in [-0.2, -0.15) is 4.39 Å². The van der Waals surface area contributed by atoms with Crippen LogP contribution in [0.1, 0.15) is 5.69 Å². The molecule has 1 heterocycles. The molecule has 1 aromatic heterocycles.